The maximum absolute atomic E-state index is 11.7. The topological polar surface area (TPSA) is 68.0 Å². The van der Waals surface area contributed by atoms with Crippen molar-refractivity contribution < 1.29 is 4.79 Å². The molecule has 4 nitrogen and oxygen atoms in total. The zero-order chi connectivity index (χ0) is 11.5. The Kier molecular flexibility index (Phi) is 2.87. The molecule has 1 heterocycles. The second kappa shape index (κ2) is 4.32. The van der Waals surface area contributed by atoms with Crippen molar-refractivity contribution in [1.29, 1.82) is 0 Å². The van der Waals surface area contributed by atoms with E-state index < -0.39 is 0 Å². The van der Waals surface area contributed by atoms with Crippen LogP contribution in [0.25, 0.3) is 0 Å². The van der Waals surface area contributed by atoms with Gasteiger partial charge in [0.2, 0.25) is 0 Å². The molecule has 2 rings (SSSR count). The summed E-state index contributed by atoms with van der Waals surface area (Å²) < 4.78 is 0. The number of nitrogens with zero attached hydrogens (tertiary/aromatic N) is 1. The third-order valence-corrected chi connectivity index (χ3v) is 2.71. The van der Waals surface area contributed by atoms with E-state index in [9.17, 15) is 4.79 Å². The van der Waals surface area contributed by atoms with Gasteiger partial charge in [-0.25, -0.2) is 4.98 Å². The van der Waals surface area contributed by atoms with Gasteiger partial charge in [-0.3, -0.25) is 4.79 Å². The molecule has 2 aromatic rings. The summed E-state index contributed by atoms with van der Waals surface area (Å²) in [5.74, 6) is -0.237. The molecular weight excluding hydrogens is 222 g/mol. The zero-order valence-corrected chi connectivity index (χ0v) is 9.54. The highest BCUT2D eigenvalue weighted by molar-refractivity contribution is 7.07. The van der Waals surface area contributed by atoms with Crippen molar-refractivity contribution in [1.82, 2.24) is 4.98 Å². The maximum atomic E-state index is 11.7. The SMILES string of the molecule is Cc1ccc(N)c(NC(=O)c2cscn2)c1. The molecule has 82 valence electrons. The number of nitrogens with two attached hydrogens (primary N) is 1. The monoisotopic (exact) mass is 233 g/mol. The number of anilines is 2. The van der Waals surface area contributed by atoms with E-state index in [2.05, 4.69) is 10.3 Å². The number of nitrogen functional groups attached to an aromatic ring is 1. The van der Waals surface area contributed by atoms with Crippen LogP contribution in [0.5, 0.6) is 0 Å². The first-order chi connectivity index (χ1) is 7.66. The Hall–Kier alpha value is -1.88. The minimum Gasteiger partial charge on any atom is -0.397 e. The van der Waals surface area contributed by atoms with Crippen LogP contribution in [-0.2, 0) is 0 Å². The fourth-order valence-corrected chi connectivity index (χ4v) is 1.82. The highest BCUT2D eigenvalue weighted by Gasteiger charge is 2.09. The zero-order valence-electron chi connectivity index (χ0n) is 8.73. The summed E-state index contributed by atoms with van der Waals surface area (Å²) in [6.45, 7) is 1.94. The van der Waals surface area contributed by atoms with Crippen molar-refractivity contribution in [3.8, 4) is 0 Å². The Morgan fingerprint density at radius 2 is 2.31 bits per heavy atom. The summed E-state index contributed by atoms with van der Waals surface area (Å²) in [4.78, 5) is 15.6. The van der Waals surface area contributed by atoms with E-state index in [0.717, 1.165) is 5.56 Å². The molecule has 0 aliphatic heterocycles. The maximum Gasteiger partial charge on any atom is 0.275 e. The largest absolute Gasteiger partial charge is 0.397 e. The van der Waals surface area contributed by atoms with Crippen LogP contribution in [0.2, 0.25) is 0 Å². The number of thiazole rings is 1. The molecular formula is C11H11N3OS. The smallest absolute Gasteiger partial charge is 0.275 e. The van der Waals surface area contributed by atoms with Crippen LogP contribution in [-0.4, -0.2) is 10.9 Å². The van der Waals surface area contributed by atoms with E-state index in [-0.39, 0.29) is 5.91 Å². The summed E-state index contributed by atoms with van der Waals surface area (Å²) in [6.07, 6.45) is 0. The summed E-state index contributed by atoms with van der Waals surface area (Å²) in [5.41, 5.74) is 10.0. The lowest BCUT2D eigenvalue weighted by Gasteiger charge is -2.07. The number of hydrogen-bond donors (Lipinski definition) is 2. The number of aryl methyl sites for hydroxylation is 1. The average molecular weight is 233 g/mol. The van der Waals surface area contributed by atoms with Gasteiger partial charge < -0.3 is 11.1 Å². The van der Waals surface area contributed by atoms with Gasteiger partial charge >= 0.3 is 0 Å². The van der Waals surface area contributed by atoms with E-state index in [1.807, 2.05) is 19.1 Å². The molecule has 0 saturated heterocycles. The van der Waals surface area contributed by atoms with Gasteiger partial charge in [0, 0.05) is 5.38 Å². The molecule has 1 aromatic carbocycles. The van der Waals surface area contributed by atoms with Crippen molar-refractivity contribution in [2.75, 3.05) is 11.1 Å². The standard InChI is InChI=1S/C11H11N3OS/c1-7-2-3-8(12)9(4-7)14-11(15)10-5-16-6-13-10/h2-6H,12H2,1H3,(H,14,15). The number of hydrogen-bond acceptors (Lipinski definition) is 4. The normalized spacial score (nSPS) is 10.1. The van der Waals surface area contributed by atoms with Gasteiger partial charge in [0.25, 0.3) is 5.91 Å². The van der Waals surface area contributed by atoms with Crippen molar-refractivity contribution in [3.05, 3.63) is 40.3 Å². The van der Waals surface area contributed by atoms with Crippen LogP contribution in [0.3, 0.4) is 0 Å². The molecule has 0 atom stereocenters. The Bertz CT molecular complexity index is 508. The van der Waals surface area contributed by atoms with Gasteiger partial charge in [0.05, 0.1) is 16.9 Å². The number of carbonyl (C=O) groups excluding carboxylic acids is 1. The Morgan fingerprint density at radius 3 is 3.00 bits per heavy atom. The Balaban J connectivity index is 2.21. The number of nitrogens with one attached hydrogen (secondary N) is 1. The van der Waals surface area contributed by atoms with Crippen molar-refractivity contribution >= 4 is 28.6 Å². The first-order valence-electron chi connectivity index (χ1n) is 4.72. The van der Waals surface area contributed by atoms with Gasteiger partial charge in [0.15, 0.2) is 0 Å². The van der Waals surface area contributed by atoms with Crippen LogP contribution in [0, 0.1) is 6.92 Å². The van der Waals surface area contributed by atoms with Gasteiger partial charge in [-0.1, -0.05) is 6.07 Å². The highest BCUT2D eigenvalue weighted by Crippen LogP contribution is 2.20. The number of aromatic nitrogens is 1. The molecule has 5 heteroatoms. The third-order valence-electron chi connectivity index (χ3n) is 2.12. The van der Waals surface area contributed by atoms with Crippen molar-refractivity contribution in [2.45, 2.75) is 6.92 Å². The number of rotatable bonds is 2. The second-order valence-electron chi connectivity index (χ2n) is 3.42. The molecule has 1 aromatic heterocycles. The lowest BCUT2D eigenvalue weighted by Crippen LogP contribution is -2.13. The molecule has 0 bridgehead atoms. The van der Waals surface area contributed by atoms with Gasteiger partial charge in [0.1, 0.15) is 5.69 Å². The minimum atomic E-state index is -0.237. The average Bonchev–Trinajstić information content (AvgIpc) is 2.76. The minimum absolute atomic E-state index is 0.237. The van der Waals surface area contributed by atoms with Gasteiger partial charge in [-0.05, 0) is 24.6 Å². The lowest BCUT2D eigenvalue weighted by molar-refractivity contribution is 0.102. The molecule has 0 unspecified atom stereocenters. The molecule has 0 saturated carbocycles. The third kappa shape index (κ3) is 2.20. The molecule has 16 heavy (non-hydrogen) atoms. The Labute approximate surface area is 97.1 Å². The van der Waals surface area contributed by atoms with Crippen LogP contribution in [0.1, 0.15) is 16.1 Å². The van der Waals surface area contributed by atoms with Gasteiger partial charge in [-0.15, -0.1) is 11.3 Å². The van der Waals surface area contributed by atoms with E-state index in [1.165, 1.54) is 11.3 Å². The number of benzene rings is 1. The van der Waals surface area contributed by atoms with Crippen molar-refractivity contribution in [2.24, 2.45) is 0 Å². The molecule has 0 aliphatic rings. The predicted octanol–water partition coefficient (Wildman–Crippen LogP) is 2.29. The first kappa shape index (κ1) is 10.6. The van der Waals surface area contributed by atoms with Crippen molar-refractivity contribution in [3.63, 3.8) is 0 Å². The second-order valence-corrected chi connectivity index (χ2v) is 4.14. The molecule has 0 spiro atoms. The van der Waals surface area contributed by atoms with Crippen LogP contribution in [0.15, 0.2) is 29.1 Å². The van der Waals surface area contributed by atoms with E-state index in [0.29, 0.717) is 17.1 Å². The number of amides is 1. The first-order valence-corrected chi connectivity index (χ1v) is 5.67. The van der Waals surface area contributed by atoms with Gasteiger partial charge in [-0.2, -0.15) is 0 Å². The van der Waals surface area contributed by atoms with E-state index in [4.69, 9.17) is 5.73 Å². The molecule has 0 radical (unpaired) electrons. The predicted molar refractivity (Wildman–Crippen MR) is 65.7 cm³/mol. The summed E-state index contributed by atoms with van der Waals surface area (Å²) in [6, 6.07) is 5.50. The molecule has 3 N–H and O–H groups in total. The Morgan fingerprint density at radius 1 is 1.50 bits per heavy atom. The van der Waals surface area contributed by atoms with Crippen LogP contribution in [0.4, 0.5) is 11.4 Å². The quantitative estimate of drug-likeness (QED) is 0.782. The van der Waals surface area contributed by atoms with Crippen LogP contribution < -0.4 is 11.1 Å². The lowest BCUT2D eigenvalue weighted by atomic mass is 10.2. The molecule has 0 aliphatic carbocycles. The fraction of sp³-hybridized carbons (Fsp3) is 0.0909. The summed E-state index contributed by atoms with van der Waals surface area (Å²) in [5, 5.41) is 4.43. The summed E-state index contributed by atoms with van der Waals surface area (Å²) >= 11 is 1.38. The van der Waals surface area contributed by atoms with E-state index in [1.54, 1.807) is 17.0 Å². The summed E-state index contributed by atoms with van der Waals surface area (Å²) in [7, 11) is 0. The molecule has 0 fully saturated rings. The fourth-order valence-electron chi connectivity index (χ4n) is 1.29. The highest BCUT2D eigenvalue weighted by atomic mass is 32.1. The number of carbonyl (C=O) groups is 1. The molecule has 1 amide bonds. The van der Waals surface area contributed by atoms with E-state index >= 15 is 0 Å². The van der Waals surface area contributed by atoms with Crippen LogP contribution >= 0.6 is 11.3 Å².